The van der Waals surface area contributed by atoms with Gasteiger partial charge in [0.05, 0.1) is 12.0 Å². The van der Waals surface area contributed by atoms with Gasteiger partial charge in [0.15, 0.2) is 0 Å². The van der Waals surface area contributed by atoms with E-state index in [1.54, 1.807) is 48.8 Å². The van der Waals surface area contributed by atoms with E-state index in [0.717, 1.165) is 5.56 Å². The van der Waals surface area contributed by atoms with Crippen molar-refractivity contribution >= 4 is 21.6 Å². The van der Waals surface area contributed by atoms with Gasteiger partial charge in [-0.2, -0.15) is 4.31 Å². The van der Waals surface area contributed by atoms with Crippen LogP contribution >= 0.6 is 0 Å². The third-order valence-corrected chi connectivity index (χ3v) is 7.64. The third kappa shape index (κ3) is 5.35. The molecule has 0 bridgehead atoms. The molecule has 1 N–H and O–H groups in total. The van der Waals surface area contributed by atoms with Crippen molar-refractivity contribution in [3.63, 3.8) is 0 Å². The molecule has 1 aliphatic rings. The average Bonchev–Trinajstić information content (AvgIpc) is 2.86. The van der Waals surface area contributed by atoms with Crippen LogP contribution in [0.15, 0.2) is 65.8 Å². The first-order chi connectivity index (χ1) is 16.4. The average molecular weight is 483 g/mol. The minimum absolute atomic E-state index is 0.121. The Morgan fingerprint density at radius 3 is 2.29 bits per heavy atom. The number of benzene rings is 2. The summed E-state index contributed by atoms with van der Waals surface area (Å²) in [4.78, 5) is 21.1. The molecule has 1 aliphatic heterocycles. The predicted octanol–water partition coefficient (Wildman–Crippen LogP) is 3.63. The summed E-state index contributed by atoms with van der Waals surface area (Å²) in [6.45, 7) is 2.45. The number of sulfonamides is 1. The summed E-state index contributed by atoms with van der Waals surface area (Å²) < 4.78 is 38.0. The fourth-order valence-corrected chi connectivity index (χ4v) is 5.24. The van der Waals surface area contributed by atoms with Crippen LogP contribution in [-0.2, 0) is 14.8 Å². The number of hydrogen-bond acceptors (Lipinski definition) is 7. The second-order valence-electron chi connectivity index (χ2n) is 7.95. The molecule has 0 atom stereocenters. The number of aromatic nitrogens is 2. The summed E-state index contributed by atoms with van der Waals surface area (Å²) in [5.74, 6) is 0.774. The number of rotatable bonds is 7. The van der Waals surface area contributed by atoms with E-state index in [2.05, 4.69) is 15.3 Å². The molecule has 178 valence electrons. The number of amides is 1. The van der Waals surface area contributed by atoms with Crippen molar-refractivity contribution in [1.29, 1.82) is 0 Å². The van der Waals surface area contributed by atoms with Crippen molar-refractivity contribution in [2.45, 2.75) is 24.7 Å². The fraction of sp³-hybridized carbons (Fsp3) is 0.292. The van der Waals surface area contributed by atoms with E-state index in [-0.39, 0.29) is 35.8 Å². The minimum atomic E-state index is -3.61. The van der Waals surface area contributed by atoms with Crippen LogP contribution in [0, 0.1) is 12.8 Å². The second-order valence-corrected chi connectivity index (χ2v) is 9.89. The maximum absolute atomic E-state index is 12.9. The predicted molar refractivity (Wildman–Crippen MR) is 126 cm³/mol. The number of aryl methyl sites for hydroxylation is 1. The van der Waals surface area contributed by atoms with Gasteiger partial charge in [0.2, 0.25) is 15.9 Å². The first-order valence-electron chi connectivity index (χ1n) is 10.9. The molecule has 2 heterocycles. The largest absolute Gasteiger partial charge is 0.497 e. The Balaban J connectivity index is 1.34. The summed E-state index contributed by atoms with van der Waals surface area (Å²) in [5.41, 5.74) is 1.51. The highest BCUT2D eigenvalue weighted by molar-refractivity contribution is 7.89. The monoisotopic (exact) mass is 482 g/mol. The lowest BCUT2D eigenvalue weighted by molar-refractivity contribution is -0.120. The zero-order valence-electron chi connectivity index (χ0n) is 19.0. The van der Waals surface area contributed by atoms with Crippen molar-refractivity contribution in [1.82, 2.24) is 14.3 Å². The number of piperidine rings is 1. The minimum Gasteiger partial charge on any atom is -0.497 e. The van der Waals surface area contributed by atoms with Crippen LogP contribution in [0.3, 0.4) is 0 Å². The van der Waals surface area contributed by atoms with Gasteiger partial charge in [-0.3, -0.25) is 4.79 Å². The quantitative estimate of drug-likeness (QED) is 0.547. The molecule has 1 saturated heterocycles. The molecule has 34 heavy (non-hydrogen) atoms. The van der Waals surface area contributed by atoms with Crippen molar-refractivity contribution < 1.29 is 22.7 Å². The van der Waals surface area contributed by atoms with E-state index < -0.39 is 10.0 Å². The highest BCUT2D eigenvalue weighted by Gasteiger charge is 2.32. The molecule has 0 spiro atoms. The lowest BCUT2D eigenvalue weighted by Crippen LogP contribution is -2.41. The molecule has 0 unspecified atom stereocenters. The number of carbonyl (C=O) groups is 1. The molecular formula is C24H26N4O5S. The molecule has 0 saturated carbocycles. The zero-order chi connectivity index (χ0) is 24.1. The van der Waals surface area contributed by atoms with Crippen LogP contribution in [0.4, 0.5) is 5.69 Å². The number of ether oxygens (including phenoxy) is 2. The molecule has 10 heteroatoms. The molecule has 3 aromatic rings. The van der Waals surface area contributed by atoms with Crippen LogP contribution in [0.5, 0.6) is 17.5 Å². The van der Waals surface area contributed by atoms with Gasteiger partial charge in [-0.25, -0.2) is 18.4 Å². The van der Waals surface area contributed by atoms with E-state index in [1.165, 1.54) is 23.5 Å². The van der Waals surface area contributed by atoms with E-state index in [1.807, 2.05) is 6.92 Å². The smallest absolute Gasteiger partial charge is 0.321 e. The van der Waals surface area contributed by atoms with Gasteiger partial charge in [-0.1, -0.05) is 0 Å². The van der Waals surface area contributed by atoms with Gasteiger partial charge in [0, 0.05) is 37.1 Å². The maximum atomic E-state index is 12.9. The fourth-order valence-electron chi connectivity index (χ4n) is 3.77. The molecule has 0 radical (unpaired) electrons. The Morgan fingerprint density at radius 1 is 1.03 bits per heavy atom. The van der Waals surface area contributed by atoms with E-state index in [4.69, 9.17) is 9.47 Å². The Bertz CT molecular complexity index is 1240. The molecule has 4 rings (SSSR count). The van der Waals surface area contributed by atoms with Gasteiger partial charge in [-0.15, -0.1) is 0 Å². The van der Waals surface area contributed by atoms with Crippen molar-refractivity contribution in [2.24, 2.45) is 5.92 Å². The van der Waals surface area contributed by atoms with Crippen LogP contribution in [0.1, 0.15) is 18.4 Å². The number of hydrogen-bond donors (Lipinski definition) is 1. The summed E-state index contributed by atoms with van der Waals surface area (Å²) >= 11 is 0. The standard InChI is InChI=1S/C24H26N4O5S/c1-17-16-20(33-24-25-12-3-13-26-24)6-9-22(17)27-23(29)18-10-14-28(15-11-18)34(30,31)21-7-4-19(32-2)5-8-21/h3-9,12-13,16,18H,10-11,14-15H2,1-2H3,(H,27,29). The number of anilines is 1. The number of nitrogens with zero attached hydrogens (tertiary/aromatic N) is 3. The Hall–Kier alpha value is -3.50. The summed E-state index contributed by atoms with van der Waals surface area (Å²) in [6.07, 6.45) is 4.09. The molecular weight excluding hydrogens is 456 g/mol. The molecule has 0 aliphatic carbocycles. The van der Waals surface area contributed by atoms with E-state index >= 15 is 0 Å². The highest BCUT2D eigenvalue weighted by Crippen LogP contribution is 2.28. The first-order valence-corrected chi connectivity index (χ1v) is 12.3. The van der Waals surface area contributed by atoms with Crippen LogP contribution in [-0.4, -0.2) is 48.8 Å². The van der Waals surface area contributed by atoms with Crippen LogP contribution < -0.4 is 14.8 Å². The Kier molecular flexibility index (Phi) is 7.09. The topological polar surface area (TPSA) is 111 Å². The summed E-state index contributed by atoms with van der Waals surface area (Å²) in [7, 11) is -2.08. The molecule has 9 nitrogen and oxygen atoms in total. The molecule has 2 aromatic carbocycles. The van der Waals surface area contributed by atoms with Crippen LogP contribution in [0.2, 0.25) is 0 Å². The van der Waals surface area contributed by atoms with E-state index in [0.29, 0.717) is 30.0 Å². The van der Waals surface area contributed by atoms with Gasteiger partial charge in [-0.05, 0) is 73.9 Å². The maximum Gasteiger partial charge on any atom is 0.321 e. The van der Waals surface area contributed by atoms with Crippen LogP contribution in [0.25, 0.3) is 0 Å². The number of carbonyl (C=O) groups excluding carboxylic acids is 1. The summed E-state index contributed by atoms with van der Waals surface area (Å²) in [5, 5.41) is 2.96. The summed E-state index contributed by atoms with van der Waals surface area (Å²) in [6, 6.07) is 13.6. The first kappa shape index (κ1) is 23.7. The number of nitrogens with one attached hydrogen (secondary N) is 1. The van der Waals surface area contributed by atoms with Crippen molar-refractivity contribution in [3.8, 4) is 17.5 Å². The van der Waals surface area contributed by atoms with Crippen molar-refractivity contribution in [2.75, 3.05) is 25.5 Å². The lowest BCUT2D eigenvalue weighted by Gasteiger charge is -2.30. The Morgan fingerprint density at radius 2 is 1.68 bits per heavy atom. The van der Waals surface area contributed by atoms with Gasteiger partial charge in [0.25, 0.3) is 0 Å². The van der Waals surface area contributed by atoms with Crippen molar-refractivity contribution in [3.05, 3.63) is 66.5 Å². The Labute approximate surface area is 198 Å². The highest BCUT2D eigenvalue weighted by atomic mass is 32.2. The van der Waals surface area contributed by atoms with E-state index in [9.17, 15) is 13.2 Å². The van der Waals surface area contributed by atoms with Gasteiger partial charge < -0.3 is 14.8 Å². The SMILES string of the molecule is COc1ccc(S(=O)(=O)N2CCC(C(=O)Nc3ccc(Oc4ncccn4)cc3C)CC2)cc1. The third-order valence-electron chi connectivity index (χ3n) is 5.73. The number of methoxy groups -OCH3 is 1. The normalized spacial score (nSPS) is 15.0. The van der Waals surface area contributed by atoms with Gasteiger partial charge in [0.1, 0.15) is 11.5 Å². The zero-order valence-corrected chi connectivity index (χ0v) is 19.8. The second kappa shape index (κ2) is 10.2. The molecule has 1 fully saturated rings. The molecule has 1 amide bonds. The molecule has 1 aromatic heterocycles. The lowest BCUT2D eigenvalue weighted by atomic mass is 9.97. The van der Waals surface area contributed by atoms with Gasteiger partial charge >= 0.3 is 6.01 Å².